The van der Waals surface area contributed by atoms with Crippen LogP contribution in [0.4, 0.5) is 0 Å². The van der Waals surface area contributed by atoms with Crippen LogP contribution < -0.4 is 5.32 Å². The largest absolute Gasteiger partial charge is 0.377 e. The summed E-state index contributed by atoms with van der Waals surface area (Å²) in [6.07, 6.45) is 9.90. The molecular weight excluding hydrogens is 224 g/mol. The van der Waals surface area contributed by atoms with Gasteiger partial charge in [-0.3, -0.25) is 0 Å². The van der Waals surface area contributed by atoms with Gasteiger partial charge in [0.25, 0.3) is 0 Å². The third-order valence-corrected chi connectivity index (χ3v) is 4.35. The zero-order valence-corrected chi connectivity index (χ0v) is 12.2. The van der Waals surface area contributed by atoms with Gasteiger partial charge in [-0.25, -0.2) is 0 Å². The Labute approximate surface area is 112 Å². The Kier molecular flexibility index (Phi) is 5.93. The zero-order chi connectivity index (χ0) is 12.8. The fraction of sp³-hybridized carbons (Fsp3) is 1.00. The molecule has 0 spiro atoms. The second-order valence-corrected chi connectivity index (χ2v) is 6.06. The number of likely N-dealkylation sites (N-methyl/N-ethyl adjacent to an activating group) is 1. The summed E-state index contributed by atoms with van der Waals surface area (Å²) in [5.41, 5.74) is 0. The van der Waals surface area contributed by atoms with Crippen LogP contribution in [-0.2, 0) is 4.74 Å². The van der Waals surface area contributed by atoms with Crippen LogP contribution in [-0.4, -0.2) is 49.8 Å². The monoisotopic (exact) mass is 254 g/mol. The summed E-state index contributed by atoms with van der Waals surface area (Å²) in [5, 5.41) is 3.58. The van der Waals surface area contributed by atoms with Crippen molar-refractivity contribution in [3.05, 3.63) is 0 Å². The number of unbranched alkanes of at least 4 members (excludes halogenated alkanes) is 3. The highest BCUT2D eigenvalue weighted by atomic mass is 16.5. The van der Waals surface area contributed by atoms with E-state index in [9.17, 15) is 0 Å². The first-order valence-electron chi connectivity index (χ1n) is 7.82. The molecule has 1 heterocycles. The highest BCUT2D eigenvalue weighted by molar-refractivity contribution is 4.81. The lowest BCUT2D eigenvalue weighted by Crippen LogP contribution is -2.37. The molecule has 2 atom stereocenters. The van der Waals surface area contributed by atoms with Crippen LogP contribution in [0.5, 0.6) is 0 Å². The quantitative estimate of drug-likeness (QED) is 0.640. The summed E-state index contributed by atoms with van der Waals surface area (Å²) < 4.78 is 5.62. The summed E-state index contributed by atoms with van der Waals surface area (Å²) in [6.45, 7) is 5.61. The average molecular weight is 254 g/mol. The molecule has 1 saturated carbocycles. The van der Waals surface area contributed by atoms with Gasteiger partial charge in [0, 0.05) is 18.7 Å². The second-order valence-electron chi connectivity index (χ2n) is 6.06. The predicted molar refractivity (Wildman–Crippen MR) is 75.9 cm³/mol. The molecule has 1 N–H and O–H groups in total. The molecule has 0 amide bonds. The van der Waals surface area contributed by atoms with E-state index in [2.05, 4.69) is 24.2 Å². The SMILES string of the molecule is CC1OCCC1N(C)CCCCCCNC1CC1. The molecule has 0 radical (unpaired) electrons. The standard InChI is InChI=1S/C15H30N2O/c1-13-15(9-12-18-13)17(2)11-6-4-3-5-10-16-14-7-8-14/h13-16H,3-12H2,1-2H3. The lowest BCUT2D eigenvalue weighted by atomic mass is 10.1. The molecule has 1 aliphatic heterocycles. The van der Waals surface area contributed by atoms with Crippen molar-refractivity contribution in [3.8, 4) is 0 Å². The van der Waals surface area contributed by atoms with Crippen molar-refractivity contribution in [3.63, 3.8) is 0 Å². The molecule has 0 bridgehead atoms. The van der Waals surface area contributed by atoms with Gasteiger partial charge in [-0.1, -0.05) is 12.8 Å². The third kappa shape index (κ3) is 4.87. The van der Waals surface area contributed by atoms with Gasteiger partial charge in [-0.15, -0.1) is 0 Å². The molecule has 1 saturated heterocycles. The molecular formula is C15H30N2O. The van der Waals surface area contributed by atoms with Gasteiger partial charge in [0.1, 0.15) is 0 Å². The smallest absolute Gasteiger partial charge is 0.0702 e. The first-order valence-corrected chi connectivity index (χ1v) is 7.82. The summed E-state index contributed by atoms with van der Waals surface area (Å²) in [7, 11) is 2.25. The van der Waals surface area contributed by atoms with Crippen LogP contribution in [0.15, 0.2) is 0 Å². The Balaban J connectivity index is 1.42. The van der Waals surface area contributed by atoms with Crippen molar-refractivity contribution >= 4 is 0 Å². The zero-order valence-electron chi connectivity index (χ0n) is 12.2. The van der Waals surface area contributed by atoms with Gasteiger partial charge in [0.15, 0.2) is 0 Å². The summed E-state index contributed by atoms with van der Waals surface area (Å²) in [4.78, 5) is 2.50. The number of hydrogen-bond acceptors (Lipinski definition) is 3. The van der Waals surface area contributed by atoms with Crippen molar-refractivity contribution < 1.29 is 4.74 Å². The number of nitrogens with zero attached hydrogens (tertiary/aromatic N) is 1. The van der Waals surface area contributed by atoms with Crippen LogP contribution in [0.3, 0.4) is 0 Å². The maximum atomic E-state index is 5.62. The van der Waals surface area contributed by atoms with Crippen molar-refractivity contribution in [1.82, 2.24) is 10.2 Å². The molecule has 0 aromatic carbocycles. The average Bonchev–Trinajstić information content (AvgIpc) is 3.08. The highest BCUT2D eigenvalue weighted by Gasteiger charge is 2.27. The van der Waals surface area contributed by atoms with E-state index >= 15 is 0 Å². The molecule has 1 aliphatic carbocycles. The Bertz CT molecular complexity index is 231. The summed E-state index contributed by atoms with van der Waals surface area (Å²) in [6, 6.07) is 1.53. The van der Waals surface area contributed by atoms with E-state index in [1.165, 1.54) is 58.0 Å². The molecule has 2 unspecified atom stereocenters. The van der Waals surface area contributed by atoms with Crippen molar-refractivity contribution in [2.24, 2.45) is 0 Å². The molecule has 18 heavy (non-hydrogen) atoms. The number of rotatable bonds is 9. The van der Waals surface area contributed by atoms with Crippen LogP contribution in [0.25, 0.3) is 0 Å². The topological polar surface area (TPSA) is 24.5 Å². The van der Waals surface area contributed by atoms with Crippen LogP contribution in [0, 0.1) is 0 Å². The minimum atomic E-state index is 0.428. The number of ether oxygens (including phenoxy) is 1. The van der Waals surface area contributed by atoms with E-state index in [1.807, 2.05) is 0 Å². The minimum Gasteiger partial charge on any atom is -0.377 e. The van der Waals surface area contributed by atoms with E-state index in [-0.39, 0.29) is 0 Å². The van der Waals surface area contributed by atoms with Gasteiger partial charge in [0.05, 0.1) is 6.10 Å². The van der Waals surface area contributed by atoms with Crippen molar-refractivity contribution in [2.45, 2.75) is 70.1 Å². The molecule has 2 fully saturated rings. The van der Waals surface area contributed by atoms with Crippen molar-refractivity contribution in [1.29, 1.82) is 0 Å². The van der Waals surface area contributed by atoms with Crippen LogP contribution >= 0.6 is 0 Å². The van der Waals surface area contributed by atoms with Gasteiger partial charge in [0.2, 0.25) is 0 Å². The van der Waals surface area contributed by atoms with Gasteiger partial charge >= 0.3 is 0 Å². The maximum absolute atomic E-state index is 5.62. The van der Waals surface area contributed by atoms with E-state index < -0.39 is 0 Å². The second kappa shape index (κ2) is 7.46. The van der Waals surface area contributed by atoms with Gasteiger partial charge < -0.3 is 15.0 Å². The van der Waals surface area contributed by atoms with Crippen LogP contribution in [0.1, 0.15) is 51.9 Å². The molecule has 3 nitrogen and oxygen atoms in total. The van der Waals surface area contributed by atoms with Gasteiger partial charge in [-0.05, 0) is 59.2 Å². The Morgan fingerprint density at radius 1 is 1.11 bits per heavy atom. The molecule has 2 aliphatic rings. The lowest BCUT2D eigenvalue weighted by Gasteiger charge is -2.26. The normalized spacial score (nSPS) is 28.2. The number of hydrogen-bond donors (Lipinski definition) is 1. The molecule has 0 aromatic rings. The fourth-order valence-corrected chi connectivity index (χ4v) is 2.90. The molecule has 0 aromatic heterocycles. The Morgan fingerprint density at radius 2 is 1.89 bits per heavy atom. The summed E-state index contributed by atoms with van der Waals surface area (Å²) >= 11 is 0. The third-order valence-electron chi connectivity index (χ3n) is 4.35. The van der Waals surface area contributed by atoms with E-state index in [4.69, 9.17) is 4.74 Å². The maximum Gasteiger partial charge on any atom is 0.0702 e. The van der Waals surface area contributed by atoms with E-state index in [1.54, 1.807) is 0 Å². The predicted octanol–water partition coefficient (Wildman–Crippen LogP) is 2.41. The van der Waals surface area contributed by atoms with E-state index in [0.29, 0.717) is 12.1 Å². The minimum absolute atomic E-state index is 0.428. The molecule has 2 rings (SSSR count). The lowest BCUT2D eigenvalue weighted by molar-refractivity contribution is 0.0831. The van der Waals surface area contributed by atoms with Crippen LogP contribution in [0.2, 0.25) is 0 Å². The van der Waals surface area contributed by atoms with Crippen molar-refractivity contribution in [2.75, 3.05) is 26.7 Å². The molecule has 106 valence electrons. The van der Waals surface area contributed by atoms with Gasteiger partial charge in [-0.2, -0.15) is 0 Å². The molecule has 3 heteroatoms. The fourth-order valence-electron chi connectivity index (χ4n) is 2.90. The first kappa shape index (κ1) is 14.3. The van der Waals surface area contributed by atoms with E-state index in [0.717, 1.165) is 12.6 Å². The highest BCUT2D eigenvalue weighted by Crippen LogP contribution is 2.19. The Morgan fingerprint density at radius 3 is 2.56 bits per heavy atom. The Hall–Kier alpha value is -0.120. The first-order chi connectivity index (χ1) is 8.77. The summed E-state index contributed by atoms with van der Waals surface area (Å²) in [5.74, 6) is 0. The number of nitrogens with one attached hydrogen (secondary N) is 1.